The molecule has 0 radical (unpaired) electrons. The third-order valence-electron chi connectivity index (χ3n) is 2.93. The van der Waals surface area contributed by atoms with Gasteiger partial charge in [-0.25, -0.2) is 14.5 Å². The maximum absolute atomic E-state index is 12.3. The second-order valence-electron chi connectivity index (χ2n) is 5.05. The SMILES string of the molecule is COc1cc(OC)nc(NC(=O)NS(=O)(=O)c2ncccc2OCC(F)(F)F)n1.O.[NaH]. The van der Waals surface area contributed by atoms with Crippen molar-refractivity contribution >= 4 is 51.6 Å². The number of carbonyl (C=O) groups excluding carboxylic acids is 1. The summed E-state index contributed by atoms with van der Waals surface area (Å²) in [7, 11) is -2.11. The fourth-order valence-electron chi connectivity index (χ4n) is 1.81. The van der Waals surface area contributed by atoms with E-state index in [2.05, 4.69) is 19.7 Å². The quantitative estimate of drug-likeness (QED) is 0.513. The zero-order chi connectivity index (χ0) is 21.7. The Morgan fingerprint density at radius 3 is 2.26 bits per heavy atom. The fraction of sp³-hybridized carbons (Fsp3) is 0.286. The third-order valence-corrected chi connectivity index (χ3v) is 4.20. The van der Waals surface area contributed by atoms with Crippen molar-refractivity contribution in [3.05, 3.63) is 24.4 Å². The number of urea groups is 1. The van der Waals surface area contributed by atoms with Crippen LogP contribution < -0.4 is 24.2 Å². The number of ether oxygens (including phenoxy) is 3. The summed E-state index contributed by atoms with van der Waals surface area (Å²) < 4.78 is 77.5. The number of hydrogen-bond acceptors (Lipinski definition) is 9. The molecule has 0 unspecified atom stereocenters. The minimum absolute atomic E-state index is 0. The molecule has 0 saturated heterocycles. The molecule has 0 atom stereocenters. The minimum atomic E-state index is -4.70. The van der Waals surface area contributed by atoms with E-state index < -0.39 is 39.6 Å². The average Bonchev–Trinajstić information content (AvgIpc) is 2.65. The maximum atomic E-state index is 12.3. The van der Waals surface area contributed by atoms with Crippen molar-refractivity contribution in [1.29, 1.82) is 0 Å². The van der Waals surface area contributed by atoms with Crippen LogP contribution in [-0.2, 0) is 10.0 Å². The van der Waals surface area contributed by atoms with E-state index in [0.29, 0.717) is 0 Å². The van der Waals surface area contributed by atoms with E-state index in [1.165, 1.54) is 26.4 Å². The number of halogens is 3. The third kappa shape index (κ3) is 8.70. The van der Waals surface area contributed by atoms with Crippen molar-refractivity contribution in [1.82, 2.24) is 19.7 Å². The Hall–Kier alpha value is -2.40. The summed E-state index contributed by atoms with van der Waals surface area (Å²) >= 11 is 0. The standard InChI is InChI=1S/C14H14F3N5O6S.Na.H2O.H/c1-26-9-6-10(27-2)20-12(19-9)21-13(23)22-29(24,25)11-8(4-3-5-18-11)28-7-14(15,16)17;;;/h3-6H,7H2,1-2H3,(H2,19,20,21,22,23);;1H2;. The molecule has 0 aliphatic rings. The first-order chi connectivity index (χ1) is 13.5. The van der Waals surface area contributed by atoms with Crippen molar-refractivity contribution in [2.24, 2.45) is 0 Å². The van der Waals surface area contributed by atoms with Gasteiger partial charge >= 0.3 is 41.8 Å². The van der Waals surface area contributed by atoms with Crippen molar-refractivity contribution in [2.45, 2.75) is 11.2 Å². The van der Waals surface area contributed by atoms with Gasteiger partial charge in [-0.2, -0.15) is 31.6 Å². The predicted molar refractivity (Wildman–Crippen MR) is 101 cm³/mol. The zero-order valence-electron chi connectivity index (χ0n) is 15.3. The van der Waals surface area contributed by atoms with E-state index in [4.69, 9.17) is 9.47 Å². The van der Waals surface area contributed by atoms with Gasteiger partial charge in [0, 0.05) is 6.20 Å². The number of nitrogens with one attached hydrogen (secondary N) is 2. The number of sulfonamides is 1. The van der Waals surface area contributed by atoms with Gasteiger partial charge < -0.3 is 19.7 Å². The van der Waals surface area contributed by atoms with Crippen LogP contribution in [0.15, 0.2) is 29.4 Å². The van der Waals surface area contributed by atoms with Gasteiger partial charge in [0.2, 0.25) is 22.7 Å². The number of carbonyl (C=O) groups is 1. The van der Waals surface area contributed by atoms with Crippen LogP contribution in [0.4, 0.5) is 23.9 Å². The van der Waals surface area contributed by atoms with Crippen molar-refractivity contribution < 1.29 is 46.1 Å². The summed E-state index contributed by atoms with van der Waals surface area (Å²) in [6.45, 7) is -1.75. The molecule has 2 heterocycles. The normalized spacial score (nSPS) is 10.7. The zero-order valence-corrected chi connectivity index (χ0v) is 16.2. The number of aromatic nitrogens is 3. The molecule has 2 aromatic heterocycles. The van der Waals surface area contributed by atoms with Crippen molar-refractivity contribution in [3.63, 3.8) is 0 Å². The Balaban J connectivity index is 0.00000450. The van der Waals surface area contributed by atoms with Crippen LogP contribution in [0.2, 0.25) is 0 Å². The molecule has 168 valence electrons. The summed E-state index contributed by atoms with van der Waals surface area (Å²) in [4.78, 5) is 23.0. The first-order valence-corrected chi connectivity index (χ1v) is 8.98. The molecule has 0 bridgehead atoms. The topological polar surface area (TPSA) is 173 Å². The molecule has 12 nitrogen and oxygen atoms in total. The van der Waals surface area contributed by atoms with Gasteiger partial charge in [0.25, 0.3) is 10.0 Å². The number of alkyl halides is 3. The fourth-order valence-corrected chi connectivity index (χ4v) is 2.80. The summed E-state index contributed by atoms with van der Waals surface area (Å²) in [5.74, 6) is -1.02. The summed E-state index contributed by atoms with van der Waals surface area (Å²) in [5.41, 5.74) is 0. The predicted octanol–water partition coefficient (Wildman–Crippen LogP) is -0.133. The molecule has 0 spiro atoms. The van der Waals surface area contributed by atoms with Crippen LogP contribution in [0, 0.1) is 0 Å². The Labute approximate surface area is 196 Å². The van der Waals surface area contributed by atoms with Gasteiger partial charge in [0.1, 0.15) is 0 Å². The van der Waals surface area contributed by atoms with Gasteiger partial charge in [0.05, 0.1) is 20.3 Å². The van der Waals surface area contributed by atoms with E-state index in [9.17, 15) is 26.4 Å². The Morgan fingerprint density at radius 2 is 1.74 bits per heavy atom. The van der Waals surface area contributed by atoms with E-state index in [1.807, 2.05) is 5.32 Å². The molecule has 0 aromatic carbocycles. The van der Waals surface area contributed by atoms with Crippen LogP contribution in [0.3, 0.4) is 0 Å². The Bertz CT molecular complexity index is 972. The van der Waals surface area contributed by atoms with Gasteiger partial charge in [-0.15, -0.1) is 0 Å². The molecule has 2 amide bonds. The first kappa shape index (κ1) is 28.6. The summed E-state index contributed by atoms with van der Waals surface area (Å²) in [6.07, 6.45) is -3.70. The number of hydrogen-bond donors (Lipinski definition) is 2. The molecule has 0 saturated carbocycles. The van der Waals surface area contributed by atoms with Crippen LogP contribution in [0.1, 0.15) is 0 Å². The monoisotopic (exact) mass is 479 g/mol. The Morgan fingerprint density at radius 1 is 1.16 bits per heavy atom. The van der Waals surface area contributed by atoms with E-state index in [1.54, 1.807) is 4.72 Å². The molecular weight excluding hydrogens is 462 g/mol. The molecule has 31 heavy (non-hydrogen) atoms. The summed E-state index contributed by atoms with van der Waals surface area (Å²) in [5, 5.41) is 1.12. The molecular formula is C14H17F3N5NaO7S. The van der Waals surface area contributed by atoms with Crippen LogP contribution >= 0.6 is 0 Å². The number of anilines is 1. The average molecular weight is 479 g/mol. The number of amides is 2. The van der Waals surface area contributed by atoms with E-state index in [0.717, 1.165) is 12.3 Å². The number of methoxy groups -OCH3 is 2. The van der Waals surface area contributed by atoms with E-state index in [-0.39, 0.29) is 52.7 Å². The van der Waals surface area contributed by atoms with Crippen molar-refractivity contribution in [2.75, 3.05) is 26.1 Å². The first-order valence-electron chi connectivity index (χ1n) is 7.49. The Kier molecular flexibility index (Phi) is 10.9. The molecule has 2 aromatic rings. The second-order valence-corrected chi connectivity index (χ2v) is 6.64. The van der Waals surface area contributed by atoms with Crippen LogP contribution in [0.25, 0.3) is 0 Å². The number of nitrogens with zero attached hydrogens (tertiary/aromatic N) is 3. The molecule has 4 N–H and O–H groups in total. The van der Waals surface area contributed by atoms with Gasteiger partial charge in [-0.1, -0.05) is 0 Å². The second kappa shape index (κ2) is 11.8. The summed E-state index contributed by atoms with van der Waals surface area (Å²) in [6, 6.07) is 2.12. The van der Waals surface area contributed by atoms with Gasteiger partial charge in [-0.3, -0.25) is 5.32 Å². The van der Waals surface area contributed by atoms with Crippen molar-refractivity contribution in [3.8, 4) is 17.5 Å². The molecule has 2 rings (SSSR count). The molecule has 0 fully saturated rings. The molecule has 17 heteroatoms. The molecule has 0 aliphatic heterocycles. The van der Waals surface area contributed by atoms with Crippen LogP contribution in [0.5, 0.6) is 17.5 Å². The van der Waals surface area contributed by atoms with Crippen LogP contribution in [-0.4, -0.2) is 91.4 Å². The molecule has 0 aliphatic carbocycles. The van der Waals surface area contributed by atoms with E-state index >= 15 is 0 Å². The van der Waals surface area contributed by atoms with Gasteiger partial charge in [-0.05, 0) is 12.1 Å². The van der Waals surface area contributed by atoms with Gasteiger partial charge in [0.15, 0.2) is 12.4 Å². The number of rotatable bonds is 7. The number of pyridine rings is 1.